The summed E-state index contributed by atoms with van der Waals surface area (Å²) in [6.07, 6.45) is 5.06. The molecule has 0 amide bonds. The van der Waals surface area contributed by atoms with Gasteiger partial charge in [0.05, 0.1) is 11.8 Å². The summed E-state index contributed by atoms with van der Waals surface area (Å²) in [4.78, 5) is 9.51. The van der Waals surface area contributed by atoms with Crippen molar-refractivity contribution in [3.05, 3.63) is 35.0 Å². The molecule has 0 aliphatic heterocycles. The maximum Gasteiger partial charge on any atom is 0.163 e. The molecule has 1 unspecified atom stereocenters. The van der Waals surface area contributed by atoms with Gasteiger partial charge in [-0.05, 0) is 63.7 Å². The Hall–Kier alpha value is -1.68. The summed E-state index contributed by atoms with van der Waals surface area (Å²) in [5.41, 5.74) is 4.72. The van der Waals surface area contributed by atoms with Gasteiger partial charge in [-0.15, -0.1) is 0 Å². The van der Waals surface area contributed by atoms with E-state index in [1.165, 1.54) is 17.7 Å². The van der Waals surface area contributed by atoms with Crippen molar-refractivity contribution in [2.45, 2.75) is 40.0 Å². The zero-order valence-corrected chi connectivity index (χ0v) is 13.1. The first-order valence-corrected chi connectivity index (χ1v) is 7.80. The number of rotatable bonds is 4. The first-order chi connectivity index (χ1) is 10.2. The quantitative estimate of drug-likeness (QED) is 0.938. The standard InChI is InChI=1S/C17H23N3O/c1-4-18-10-13-5-6-16-15(9-13)11(2)19-17(20-16)14-7-8-21-12(14)3/h7-8,13,18H,4-6,9-10H2,1-3H3. The third-order valence-corrected chi connectivity index (χ3v) is 4.36. The largest absolute Gasteiger partial charge is 0.469 e. The molecule has 1 aliphatic carbocycles. The molecule has 0 saturated heterocycles. The molecule has 4 heteroatoms. The molecule has 1 aliphatic rings. The van der Waals surface area contributed by atoms with Gasteiger partial charge in [-0.1, -0.05) is 6.92 Å². The molecule has 0 fully saturated rings. The molecule has 0 saturated carbocycles. The number of nitrogens with zero attached hydrogens (tertiary/aromatic N) is 2. The number of furan rings is 1. The third-order valence-electron chi connectivity index (χ3n) is 4.36. The lowest BCUT2D eigenvalue weighted by atomic mass is 9.85. The molecular weight excluding hydrogens is 262 g/mol. The fourth-order valence-electron chi connectivity index (χ4n) is 3.12. The highest BCUT2D eigenvalue weighted by Gasteiger charge is 2.23. The summed E-state index contributed by atoms with van der Waals surface area (Å²) in [7, 11) is 0. The zero-order valence-electron chi connectivity index (χ0n) is 13.1. The van der Waals surface area contributed by atoms with Crippen LogP contribution in [0.15, 0.2) is 16.7 Å². The van der Waals surface area contributed by atoms with Crippen LogP contribution < -0.4 is 5.32 Å². The zero-order chi connectivity index (χ0) is 14.8. The van der Waals surface area contributed by atoms with Crippen LogP contribution in [0.3, 0.4) is 0 Å². The molecule has 0 spiro atoms. The summed E-state index contributed by atoms with van der Waals surface area (Å²) in [5, 5.41) is 3.46. The van der Waals surface area contributed by atoms with Crippen LogP contribution in [0.1, 0.15) is 36.1 Å². The van der Waals surface area contributed by atoms with Gasteiger partial charge in [0, 0.05) is 11.4 Å². The highest BCUT2D eigenvalue weighted by Crippen LogP contribution is 2.29. The van der Waals surface area contributed by atoms with Gasteiger partial charge in [0.1, 0.15) is 5.76 Å². The third kappa shape index (κ3) is 2.86. The van der Waals surface area contributed by atoms with Gasteiger partial charge in [0.25, 0.3) is 0 Å². The maximum absolute atomic E-state index is 5.38. The van der Waals surface area contributed by atoms with E-state index in [0.717, 1.165) is 48.8 Å². The lowest BCUT2D eigenvalue weighted by Gasteiger charge is -2.25. The number of fused-ring (bicyclic) bond motifs is 1. The van der Waals surface area contributed by atoms with Gasteiger partial charge in [0.15, 0.2) is 5.82 Å². The first-order valence-electron chi connectivity index (χ1n) is 7.80. The normalized spacial score (nSPS) is 17.8. The number of hydrogen-bond acceptors (Lipinski definition) is 4. The van der Waals surface area contributed by atoms with Crippen molar-refractivity contribution in [3.63, 3.8) is 0 Å². The van der Waals surface area contributed by atoms with E-state index in [2.05, 4.69) is 19.2 Å². The topological polar surface area (TPSA) is 51.0 Å². The van der Waals surface area contributed by atoms with E-state index in [0.29, 0.717) is 5.92 Å². The van der Waals surface area contributed by atoms with Crippen molar-refractivity contribution in [1.82, 2.24) is 15.3 Å². The van der Waals surface area contributed by atoms with Crippen LogP contribution in [0.2, 0.25) is 0 Å². The Balaban J connectivity index is 1.88. The number of aryl methyl sites for hydroxylation is 3. The molecule has 0 bridgehead atoms. The monoisotopic (exact) mass is 285 g/mol. The molecule has 2 aromatic heterocycles. The second-order valence-electron chi connectivity index (χ2n) is 5.86. The Morgan fingerprint density at radius 1 is 1.33 bits per heavy atom. The molecule has 0 aromatic carbocycles. The Morgan fingerprint density at radius 3 is 2.90 bits per heavy atom. The molecule has 2 aromatic rings. The van der Waals surface area contributed by atoms with E-state index >= 15 is 0 Å². The van der Waals surface area contributed by atoms with Crippen molar-refractivity contribution in [2.75, 3.05) is 13.1 Å². The van der Waals surface area contributed by atoms with Crippen LogP contribution in [-0.4, -0.2) is 23.1 Å². The summed E-state index contributed by atoms with van der Waals surface area (Å²) in [6.45, 7) is 8.36. The number of hydrogen-bond donors (Lipinski definition) is 1. The van der Waals surface area contributed by atoms with Crippen LogP contribution in [0.25, 0.3) is 11.4 Å². The fraction of sp³-hybridized carbons (Fsp3) is 0.529. The Kier molecular flexibility index (Phi) is 4.06. The molecule has 112 valence electrons. The van der Waals surface area contributed by atoms with Crippen molar-refractivity contribution in [2.24, 2.45) is 5.92 Å². The Bertz CT molecular complexity index is 633. The van der Waals surface area contributed by atoms with Crippen LogP contribution in [0.4, 0.5) is 0 Å². The van der Waals surface area contributed by atoms with E-state index in [1.807, 2.05) is 13.0 Å². The van der Waals surface area contributed by atoms with E-state index in [-0.39, 0.29) is 0 Å². The Morgan fingerprint density at radius 2 is 2.19 bits per heavy atom. The summed E-state index contributed by atoms with van der Waals surface area (Å²) < 4.78 is 5.38. The van der Waals surface area contributed by atoms with Gasteiger partial charge in [0.2, 0.25) is 0 Å². The lowest BCUT2D eigenvalue weighted by Crippen LogP contribution is -2.28. The lowest BCUT2D eigenvalue weighted by molar-refractivity contribution is 0.423. The summed E-state index contributed by atoms with van der Waals surface area (Å²) in [6, 6.07) is 1.95. The second kappa shape index (κ2) is 5.98. The highest BCUT2D eigenvalue weighted by molar-refractivity contribution is 5.58. The molecule has 1 N–H and O–H groups in total. The molecule has 21 heavy (non-hydrogen) atoms. The average Bonchev–Trinajstić information content (AvgIpc) is 2.91. The van der Waals surface area contributed by atoms with Crippen LogP contribution in [-0.2, 0) is 12.8 Å². The van der Waals surface area contributed by atoms with Crippen LogP contribution in [0, 0.1) is 19.8 Å². The van der Waals surface area contributed by atoms with Crippen LogP contribution >= 0.6 is 0 Å². The van der Waals surface area contributed by atoms with Crippen molar-refractivity contribution < 1.29 is 4.42 Å². The van der Waals surface area contributed by atoms with Crippen molar-refractivity contribution >= 4 is 0 Å². The molecule has 2 heterocycles. The van der Waals surface area contributed by atoms with Crippen LogP contribution in [0.5, 0.6) is 0 Å². The number of nitrogens with one attached hydrogen (secondary N) is 1. The van der Waals surface area contributed by atoms with Gasteiger partial charge < -0.3 is 9.73 Å². The fourth-order valence-corrected chi connectivity index (χ4v) is 3.12. The average molecular weight is 285 g/mol. The van der Waals surface area contributed by atoms with E-state index in [1.54, 1.807) is 6.26 Å². The van der Waals surface area contributed by atoms with Gasteiger partial charge in [-0.2, -0.15) is 0 Å². The molecule has 0 radical (unpaired) electrons. The van der Waals surface area contributed by atoms with Crippen molar-refractivity contribution in [1.29, 1.82) is 0 Å². The highest BCUT2D eigenvalue weighted by atomic mass is 16.3. The summed E-state index contributed by atoms with van der Waals surface area (Å²) >= 11 is 0. The molecular formula is C17H23N3O. The smallest absolute Gasteiger partial charge is 0.163 e. The van der Waals surface area contributed by atoms with E-state index in [9.17, 15) is 0 Å². The predicted octanol–water partition coefficient (Wildman–Crippen LogP) is 3.07. The summed E-state index contributed by atoms with van der Waals surface area (Å²) in [5.74, 6) is 2.40. The van der Waals surface area contributed by atoms with Gasteiger partial charge in [-0.25, -0.2) is 9.97 Å². The van der Waals surface area contributed by atoms with E-state index < -0.39 is 0 Å². The number of aromatic nitrogens is 2. The van der Waals surface area contributed by atoms with E-state index in [4.69, 9.17) is 14.4 Å². The van der Waals surface area contributed by atoms with Gasteiger partial charge >= 0.3 is 0 Å². The SMILES string of the molecule is CCNCC1CCc2nc(-c3ccoc3C)nc(C)c2C1. The second-order valence-corrected chi connectivity index (χ2v) is 5.86. The Labute approximate surface area is 126 Å². The molecule has 4 nitrogen and oxygen atoms in total. The van der Waals surface area contributed by atoms with Gasteiger partial charge in [-0.3, -0.25) is 0 Å². The molecule has 3 rings (SSSR count). The first kappa shape index (κ1) is 14.3. The predicted molar refractivity (Wildman–Crippen MR) is 83.3 cm³/mol. The maximum atomic E-state index is 5.38. The molecule has 1 atom stereocenters. The minimum Gasteiger partial charge on any atom is -0.469 e. The minimum absolute atomic E-state index is 0.710. The van der Waals surface area contributed by atoms with Crippen molar-refractivity contribution in [3.8, 4) is 11.4 Å². The minimum atomic E-state index is 0.710.